The van der Waals surface area contributed by atoms with Crippen molar-refractivity contribution in [2.45, 2.75) is 6.23 Å². The molecule has 1 aliphatic rings. The molecule has 8 aromatic carbocycles. The first-order chi connectivity index (χ1) is 29.6. The number of fused-ring (bicyclic) bond motifs is 4. The van der Waals surface area contributed by atoms with E-state index in [1.165, 1.54) is 0 Å². The first kappa shape index (κ1) is 35.2. The summed E-state index contributed by atoms with van der Waals surface area (Å²) in [5.74, 6) is 1.47. The van der Waals surface area contributed by atoms with Gasteiger partial charge in [0.25, 0.3) is 5.91 Å². The lowest BCUT2D eigenvalue weighted by atomic mass is 9.97. The SMILES string of the molecule is O=C1c2c(cccc2-n2c3ccccc3c3cc(-c4nc(-c5ccccc5)nc(-c5ccccc5)n4)ccc32)C(O)N1c1cc(-c2ccccc2)ccc1-c1ccccc1. The van der Waals surface area contributed by atoms with E-state index < -0.39 is 6.23 Å². The van der Waals surface area contributed by atoms with Crippen LogP contribution in [0.3, 0.4) is 0 Å². The zero-order valence-corrected chi connectivity index (χ0v) is 32.2. The van der Waals surface area contributed by atoms with Crippen LogP contribution < -0.4 is 4.90 Å². The number of rotatable bonds is 7. The summed E-state index contributed by atoms with van der Waals surface area (Å²) < 4.78 is 2.14. The Morgan fingerprint density at radius 3 is 1.60 bits per heavy atom. The van der Waals surface area contributed by atoms with Gasteiger partial charge in [-0.3, -0.25) is 9.69 Å². The number of hydrogen-bond donors (Lipinski definition) is 1. The van der Waals surface area contributed by atoms with Gasteiger partial charge in [-0.25, -0.2) is 15.0 Å². The van der Waals surface area contributed by atoms with Crippen LogP contribution >= 0.6 is 0 Å². The van der Waals surface area contributed by atoms with Crippen molar-refractivity contribution in [1.29, 1.82) is 0 Å². The van der Waals surface area contributed by atoms with Crippen molar-refractivity contribution in [3.05, 3.63) is 211 Å². The van der Waals surface area contributed by atoms with Gasteiger partial charge in [0.15, 0.2) is 23.7 Å². The Morgan fingerprint density at radius 1 is 0.417 bits per heavy atom. The molecule has 284 valence electrons. The maximum atomic E-state index is 15.1. The molecular formula is C53H35N5O2. The van der Waals surface area contributed by atoms with Gasteiger partial charge in [-0.05, 0) is 53.1 Å². The van der Waals surface area contributed by atoms with E-state index >= 15 is 4.79 Å². The van der Waals surface area contributed by atoms with E-state index in [0.717, 1.165) is 60.8 Å². The Hall–Kier alpha value is -8.00. The van der Waals surface area contributed by atoms with Gasteiger partial charge in [0.1, 0.15) is 0 Å². The third-order valence-corrected chi connectivity index (χ3v) is 11.4. The smallest absolute Gasteiger partial charge is 0.263 e. The Bertz CT molecular complexity index is 3180. The predicted molar refractivity (Wildman–Crippen MR) is 240 cm³/mol. The van der Waals surface area contributed by atoms with E-state index in [-0.39, 0.29) is 5.91 Å². The van der Waals surface area contributed by atoms with Crippen molar-refractivity contribution in [2.24, 2.45) is 0 Å². The number of amides is 1. The summed E-state index contributed by atoms with van der Waals surface area (Å²) in [4.78, 5) is 31.5. The summed E-state index contributed by atoms with van der Waals surface area (Å²) in [5.41, 5.74) is 10.6. The number of anilines is 1. The van der Waals surface area contributed by atoms with Crippen LogP contribution in [0.4, 0.5) is 5.69 Å². The maximum absolute atomic E-state index is 15.1. The van der Waals surface area contributed by atoms with Crippen LogP contribution in [-0.2, 0) is 0 Å². The largest absolute Gasteiger partial charge is 0.369 e. The molecule has 10 aromatic rings. The minimum absolute atomic E-state index is 0.273. The number of aromatic nitrogens is 4. The van der Waals surface area contributed by atoms with Crippen molar-refractivity contribution in [3.63, 3.8) is 0 Å². The number of aliphatic hydroxyl groups excluding tert-OH is 1. The average Bonchev–Trinajstić information content (AvgIpc) is 3.79. The minimum Gasteiger partial charge on any atom is -0.369 e. The molecule has 0 saturated heterocycles. The summed E-state index contributed by atoms with van der Waals surface area (Å²) in [6.45, 7) is 0. The summed E-state index contributed by atoms with van der Waals surface area (Å²) in [5, 5.41) is 14.2. The van der Waals surface area contributed by atoms with Gasteiger partial charge in [-0.2, -0.15) is 0 Å². The minimum atomic E-state index is -1.21. The molecule has 0 radical (unpaired) electrons. The highest BCUT2D eigenvalue weighted by atomic mass is 16.3. The van der Waals surface area contributed by atoms with Crippen LogP contribution in [0, 0.1) is 0 Å². The van der Waals surface area contributed by atoms with Crippen LogP contribution in [0.1, 0.15) is 22.1 Å². The topological polar surface area (TPSA) is 84.1 Å². The molecule has 1 amide bonds. The zero-order chi connectivity index (χ0) is 40.2. The first-order valence-corrected chi connectivity index (χ1v) is 19.9. The number of carbonyl (C=O) groups excluding carboxylic acids is 1. The van der Waals surface area contributed by atoms with E-state index in [0.29, 0.717) is 40.0 Å². The Kier molecular flexibility index (Phi) is 8.46. The molecule has 11 rings (SSSR count). The van der Waals surface area contributed by atoms with Crippen LogP contribution in [0.2, 0.25) is 0 Å². The van der Waals surface area contributed by atoms with E-state index in [1.54, 1.807) is 4.90 Å². The van der Waals surface area contributed by atoms with Crippen LogP contribution in [0.15, 0.2) is 200 Å². The number of benzene rings is 8. The number of hydrogen-bond acceptors (Lipinski definition) is 5. The molecule has 0 fully saturated rings. The van der Waals surface area contributed by atoms with Gasteiger partial charge < -0.3 is 9.67 Å². The standard InChI is InChI=1S/C53H35N5O2/c59-52-42-25-15-27-46(48(42)53(60)58(52)47-33-38(34-16-5-1-6-17-34)28-30-40(47)35-18-7-2-8-19-35)57-44-26-14-13-24-41(44)43-32-39(29-31-45(43)57)51-55-49(36-20-9-3-10-21-36)54-50(56-51)37-22-11-4-12-23-37/h1-33,52,59H. The molecule has 0 aliphatic carbocycles. The van der Waals surface area contributed by atoms with E-state index in [9.17, 15) is 5.11 Å². The molecule has 7 nitrogen and oxygen atoms in total. The van der Waals surface area contributed by atoms with E-state index in [2.05, 4.69) is 47.0 Å². The van der Waals surface area contributed by atoms with E-state index in [1.807, 2.05) is 158 Å². The van der Waals surface area contributed by atoms with Crippen molar-refractivity contribution >= 4 is 33.4 Å². The summed E-state index contributed by atoms with van der Waals surface area (Å²) in [6.07, 6.45) is -1.21. The molecule has 1 atom stereocenters. The molecule has 1 aliphatic heterocycles. The fourth-order valence-corrected chi connectivity index (χ4v) is 8.52. The molecule has 3 heterocycles. The maximum Gasteiger partial charge on any atom is 0.263 e. The zero-order valence-electron chi connectivity index (χ0n) is 32.2. The van der Waals surface area contributed by atoms with E-state index in [4.69, 9.17) is 15.0 Å². The third-order valence-electron chi connectivity index (χ3n) is 11.4. The highest BCUT2D eigenvalue weighted by Gasteiger charge is 2.40. The second-order valence-corrected chi connectivity index (χ2v) is 14.9. The van der Waals surface area contributed by atoms with Gasteiger partial charge in [-0.1, -0.05) is 164 Å². The number of aliphatic hydroxyl groups is 1. The molecule has 2 aromatic heterocycles. The number of para-hydroxylation sites is 1. The van der Waals surface area contributed by atoms with Crippen molar-refractivity contribution in [2.75, 3.05) is 4.90 Å². The molecule has 7 heteroatoms. The number of carbonyl (C=O) groups is 1. The van der Waals surface area contributed by atoms with Crippen LogP contribution in [0.5, 0.6) is 0 Å². The lowest BCUT2D eigenvalue weighted by molar-refractivity contribution is 0.0935. The van der Waals surface area contributed by atoms with Crippen LogP contribution in [0.25, 0.3) is 83.9 Å². The fraction of sp³-hybridized carbons (Fsp3) is 0.0189. The first-order valence-electron chi connectivity index (χ1n) is 19.9. The lowest BCUT2D eigenvalue weighted by Gasteiger charge is -2.25. The van der Waals surface area contributed by atoms with Gasteiger partial charge in [0.05, 0.1) is 28.0 Å². The second kappa shape index (κ2) is 14.4. The molecule has 1 unspecified atom stereocenters. The highest BCUT2D eigenvalue weighted by molar-refractivity contribution is 6.17. The molecule has 0 spiro atoms. The summed E-state index contributed by atoms with van der Waals surface area (Å²) >= 11 is 0. The van der Waals surface area contributed by atoms with Gasteiger partial charge in [0, 0.05) is 38.6 Å². The Labute approximate surface area is 346 Å². The van der Waals surface area contributed by atoms with Crippen LogP contribution in [-0.4, -0.2) is 30.5 Å². The second-order valence-electron chi connectivity index (χ2n) is 14.9. The molecule has 0 saturated carbocycles. The van der Waals surface area contributed by atoms with Gasteiger partial charge >= 0.3 is 0 Å². The Morgan fingerprint density at radius 2 is 0.950 bits per heavy atom. The summed E-state index contributed by atoms with van der Waals surface area (Å²) in [7, 11) is 0. The Balaban J connectivity index is 1.07. The van der Waals surface area contributed by atoms with Gasteiger partial charge in [0.2, 0.25) is 0 Å². The van der Waals surface area contributed by atoms with Crippen molar-refractivity contribution in [3.8, 4) is 62.1 Å². The predicted octanol–water partition coefficient (Wildman–Crippen LogP) is 12.0. The molecule has 60 heavy (non-hydrogen) atoms. The quantitative estimate of drug-likeness (QED) is 0.174. The molecular weight excluding hydrogens is 739 g/mol. The highest BCUT2D eigenvalue weighted by Crippen LogP contribution is 2.45. The molecule has 1 N–H and O–H groups in total. The fourth-order valence-electron chi connectivity index (χ4n) is 8.52. The van der Waals surface area contributed by atoms with Crippen molar-refractivity contribution in [1.82, 2.24) is 19.5 Å². The number of nitrogens with zero attached hydrogens (tertiary/aromatic N) is 5. The van der Waals surface area contributed by atoms with Gasteiger partial charge in [-0.15, -0.1) is 0 Å². The van der Waals surface area contributed by atoms with Crippen molar-refractivity contribution < 1.29 is 9.90 Å². The normalized spacial score (nSPS) is 13.6. The average molecular weight is 774 g/mol. The lowest BCUT2D eigenvalue weighted by Crippen LogP contribution is -2.28. The third kappa shape index (κ3) is 5.87. The molecule has 0 bridgehead atoms. The monoisotopic (exact) mass is 773 g/mol. The summed E-state index contributed by atoms with van der Waals surface area (Å²) in [6, 6.07) is 66.3.